The molecule has 2 amide bonds. The summed E-state index contributed by atoms with van der Waals surface area (Å²) in [6.07, 6.45) is 2.67. The van der Waals surface area contributed by atoms with Crippen molar-refractivity contribution in [1.29, 1.82) is 0 Å². The summed E-state index contributed by atoms with van der Waals surface area (Å²) < 4.78 is 0. The molecule has 0 bridgehead atoms. The van der Waals surface area contributed by atoms with Gasteiger partial charge in [-0.25, -0.2) is 0 Å². The molecule has 0 aromatic heterocycles. The third-order valence-corrected chi connectivity index (χ3v) is 4.10. The molecule has 1 aromatic carbocycles. The van der Waals surface area contributed by atoms with Gasteiger partial charge in [0.1, 0.15) is 6.04 Å². The lowest BCUT2D eigenvalue weighted by Crippen LogP contribution is -2.55. The lowest BCUT2D eigenvalue weighted by atomic mass is 10.00. The summed E-state index contributed by atoms with van der Waals surface area (Å²) in [6, 6.07) is 7.19. The third-order valence-electron chi connectivity index (χ3n) is 4.10. The molecule has 6 nitrogen and oxygen atoms in total. The fraction of sp³-hybridized carbons (Fsp3) is 0.550. The van der Waals surface area contributed by atoms with Crippen molar-refractivity contribution in [3.8, 4) is 0 Å². The molecular formula is C20H30N3O3. The van der Waals surface area contributed by atoms with E-state index in [4.69, 9.17) is 5.73 Å². The normalized spacial score (nSPS) is 14.6. The first-order valence-electron chi connectivity index (χ1n) is 9.02. The van der Waals surface area contributed by atoms with E-state index in [9.17, 15) is 14.4 Å². The fourth-order valence-electron chi connectivity index (χ4n) is 2.52. The summed E-state index contributed by atoms with van der Waals surface area (Å²) in [5, 5.41) is 5.39. The molecule has 0 aliphatic heterocycles. The molecule has 0 unspecified atom stereocenters. The second kappa shape index (κ2) is 10.7. The van der Waals surface area contributed by atoms with Crippen LogP contribution in [0.2, 0.25) is 0 Å². The van der Waals surface area contributed by atoms with Gasteiger partial charge >= 0.3 is 0 Å². The van der Waals surface area contributed by atoms with Gasteiger partial charge < -0.3 is 16.4 Å². The van der Waals surface area contributed by atoms with Gasteiger partial charge in [0.05, 0.1) is 12.1 Å². The molecular weight excluding hydrogens is 330 g/mol. The molecule has 26 heavy (non-hydrogen) atoms. The first-order chi connectivity index (χ1) is 12.2. The molecule has 0 heterocycles. The number of carbonyl (C=O) groups is 2. The Morgan fingerprint density at radius 2 is 1.65 bits per heavy atom. The van der Waals surface area contributed by atoms with E-state index in [1.165, 1.54) is 0 Å². The van der Waals surface area contributed by atoms with Crippen molar-refractivity contribution in [2.45, 2.75) is 58.7 Å². The van der Waals surface area contributed by atoms with Crippen molar-refractivity contribution >= 4 is 18.1 Å². The van der Waals surface area contributed by atoms with E-state index in [-0.39, 0.29) is 17.7 Å². The highest BCUT2D eigenvalue weighted by Crippen LogP contribution is 2.08. The summed E-state index contributed by atoms with van der Waals surface area (Å²) in [4.78, 5) is 36.1. The zero-order valence-corrected chi connectivity index (χ0v) is 16.0. The van der Waals surface area contributed by atoms with Crippen LogP contribution < -0.4 is 16.4 Å². The minimum absolute atomic E-state index is 0.0353. The van der Waals surface area contributed by atoms with Gasteiger partial charge in [0.2, 0.25) is 18.1 Å². The van der Waals surface area contributed by atoms with Crippen LogP contribution in [0.5, 0.6) is 0 Å². The number of hydrogen-bond donors (Lipinski definition) is 3. The number of nitrogens with two attached hydrogens (primary N) is 1. The second-order valence-corrected chi connectivity index (χ2v) is 7.33. The van der Waals surface area contributed by atoms with Gasteiger partial charge in [-0.1, -0.05) is 58.0 Å². The van der Waals surface area contributed by atoms with E-state index < -0.39 is 24.0 Å². The van der Waals surface area contributed by atoms with Crippen LogP contribution in [-0.2, 0) is 20.8 Å². The lowest BCUT2D eigenvalue weighted by Gasteiger charge is -2.24. The van der Waals surface area contributed by atoms with Gasteiger partial charge in [0.15, 0.2) is 0 Å². The van der Waals surface area contributed by atoms with E-state index in [2.05, 4.69) is 10.6 Å². The zero-order valence-electron chi connectivity index (χ0n) is 16.0. The van der Waals surface area contributed by atoms with Crippen LogP contribution in [0.1, 0.15) is 39.7 Å². The van der Waals surface area contributed by atoms with Gasteiger partial charge in [-0.05, 0) is 23.8 Å². The number of rotatable bonds is 10. The Kier molecular flexibility index (Phi) is 8.99. The van der Waals surface area contributed by atoms with Crippen LogP contribution in [0.25, 0.3) is 0 Å². The maximum Gasteiger partial charge on any atom is 0.243 e. The Morgan fingerprint density at radius 3 is 2.15 bits per heavy atom. The third kappa shape index (κ3) is 7.35. The van der Waals surface area contributed by atoms with Crippen LogP contribution in [0.3, 0.4) is 0 Å². The Balaban J connectivity index is 2.77. The van der Waals surface area contributed by atoms with Crippen molar-refractivity contribution in [1.82, 2.24) is 10.6 Å². The molecule has 3 atom stereocenters. The predicted molar refractivity (Wildman–Crippen MR) is 102 cm³/mol. The van der Waals surface area contributed by atoms with E-state index in [0.29, 0.717) is 12.8 Å². The predicted octanol–water partition coefficient (Wildman–Crippen LogP) is 1.34. The SMILES string of the molecule is CC(C)C[C@H](NC(=O)[C@@H](N)C(C)C)C(=O)N[C@H]([C]=O)Cc1ccccc1. The fourth-order valence-corrected chi connectivity index (χ4v) is 2.52. The Hall–Kier alpha value is -2.21. The number of nitrogens with one attached hydrogen (secondary N) is 2. The molecule has 0 saturated carbocycles. The van der Waals surface area contributed by atoms with Crippen molar-refractivity contribution in [2.24, 2.45) is 17.6 Å². The van der Waals surface area contributed by atoms with Crippen molar-refractivity contribution in [3.05, 3.63) is 35.9 Å². The van der Waals surface area contributed by atoms with E-state index in [1.54, 1.807) is 0 Å². The quantitative estimate of drug-likeness (QED) is 0.586. The van der Waals surface area contributed by atoms with Crippen molar-refractivity contribution < 1.29 is 14.4 Å². The van der Waals surface area contributed by atoms with E-state index in [0.717, 1.165) is 5.56 Å². The second-order valence-electron chi connectivity index (χ2n) is 7.33. The highest BCUT2D eigenvalue weighted by Gasteiger charge is 2.27. The largest absolute Gasteiger partial charge is 0.344 e. The lowest BCUT2D eigenvalue weighted by molar-refractivity contribution is -0.130. The maximum absolute atomic E-state index is 12.6. The Bertz CT molecular complexity index is 587. The average Bonchev–Trinajstić information content (AvgIpc) is 2.60. The summed E-state index contributed by atoms with van der Waals surface area (Å²) in [5.74, 6) is -0.608. The summed E-state index contributed by atoms with van der Waals surface area (Å²) >= 11 is 0. The standard InChI is InChI=1S/C20H30N3O3/c1-13(2)10-17(23-20(26)18(21)14(3)4)19(25)22-16(12-24)11-15-8-6-5-7-9-15/h5-9,13-14,16-18H,10-11,21H2,1-4H3,(H,22,25)(H,23,26)/t16-,17-,18-/m0/s1. The molecule has 4 N–H and O–H groups in total. The highest BCUT2D eigenvalue weighted by atomic mass is 16.2. The van der Waals surface area contributed by atoms with Gasteiger partial charge in [0.25, 0.3) is 0 Å². The number of benzene rings is 1. The number of hydrogen-bond acceptors (Lipinski definition) is 4. The van der Waals surface area contributed by atoms with E-state index >= 15 is 0 Å². The van der Waals surface area contributed by atoms with Gasteiger partial charge in [-0.3, -0.25) is 14.4 Å². The summed E-state index contributed by atoms with van der Waals surface area (Å²) in [7, 11) is 0. The van der Waals surface area contributed by atoms with Gasteiger partial charge in [-0.15, -0.1) is 0 Å². The average molecular weight is 360 g/mol. The van der Waals surface area contributed by atoms with Crippen LogP contribution in [-0.4, -0.2) is 36.2 Å². The molecule has 0 fully saturated rings. The number of amides is 2. The highest BCUT2D eigenvalue weighted by molar-refractivity contribution is 5.90. The molecule has 143 valence electrons. The molecule has 0 spiro atoms. The summed E-state index contributed by atoms with van der Waals surface area (Å²) in [5.41, 5.74) is 6.79. The van der Waals surface area contributed by atoms with Crippen LogP contribution >= 0.6 is 0 Å². The molecule has 0 aliphatic rings. The molecule has 1 radical (unpaired) electrons. The summed E-state index contributed by atoms with van der Waals surface area (Å²) in [6.45, 7) is 7.61. The monoisotopic (exact) mass is 360 g/mol. The maximum atomic E-state index is 12.6. The molecule has 0 aliphatic carbocycles. The van der Waals surface area contributed by atoms with Crippen molar-refractivity contribution in [3.63, 3.8) is 0 Å². The molecule has 1 aromatic rings. The minimum Gasteiger partial charge on any atom is -0.344 e. The first kappa shape index (κ1) is 21.8. The molecule has 1 rings (SSSR count). The Morgan fingerprint density at radius 1 is 1.04 bits per heavy atom. The number of carbonyl (C=O) groups excluding carboxylic acids is 3. The molecule has 0 saturated heterocycles. The van der Waals surface area contributed by atoms with E-state index in [1.807, 2.05) is 64.3 Å². The van der Waals surface area contributed by atoms with Crippen LogP contribution in [0, 0.1) is 11.8 Å². The smallest absolute Gasteiger partial charge is 0.243 e. The van der Waals surface area contributed by atoms with Gasteiger partial charge in [-0.2, -0.15) is 0 Å². The molecule has 6 heteroatoms. The van der Waals surface area contributed by atoms with Crippen molar-refractivity contribution in [2.75, 3.05) is 0 Å². The topological polar surface area (TPSA) is 101 Å². The van der Waals surface area contributed by atoms with Crippen LogP contribution in [0.4, 0.5) is 0 Å². The first-order valence-corrected chi connectivity index (χ1v) is 9.02. The minimum atomic E-state index is -0.768. The zero-order chi connectivity index (χ0) is 19.7. The van der Waals surface area contributed by atoms with Crippen LogP contribution in [0.15, 0.2) is 30.3 Å². The van der Waals surface area contributed by atoms with Gasteiger partial charge in [0, 0.05) is 6.42 Å². The Labute approximate surface area is 155 Å².